The largest absolute Gasteiger partial charge is 0.325 e. The Kier molecular flexibility index (Phi) is 7.34. The van der Waals surface area contributed by atoms with E-state index in [0.29, 0.717) is 48.2 Å². The minimum atomic E-state index is -3.55. The molecule has 0 aliphatic carbocycles. The molecule has 0 atom stereocenters. The van der Waals surface area contributed by atoms with Crippen molar-refractivity contribution in [1.29, 1.82) is 5.26 Å². The third kappa shape index (κ3) is 5.63. The Balaban J connectivity index is 1.54. The van der Waals surface area contributed by atoms with Crippen LogP contribution in [0.2, 0.25) is 5.02 Å². The van der Waals surface area contributed by atoms with Gasteiger partial charge >= 0.3 is 0 Å². The fourth-order valence-corrected chi connectivity index (χ4v) is 5.03. The van der Waals surface area contributed by atoms with Gasteiger partial charge < -0.3 is 5.32 Å². The van der Waals surface area contributed by atoms with Crippen LogP contribution < -0.4 is 5.32 Å². The first-order chi connectivity index (χ1) is 14.7. The Labute approximate surface area is 188 Å². The molecule has 1 saturated heterocycles. The molecule has 1 aliphatic heterocycles. The molecule has 2 aromatic rings. The van der Waals surface area contributed by atoms with Crippen molar-refractivity contribution in [2.75, 3.05) is 38.0 Å². The first-order valence-corrected chi connectivity index (χ1v) is 11.8. The SMILES string of the molecule is CC(C)c1ccc(S(=O)(=O)N2CCN(CC(=O)Nc3ccc(C#N)c(Cl)c3)CC2)cc1. The number of hydrogen-bond acceptors (Lipinski definition) is 5. The van der Waals surface area contributed by atoms with Crippen LogP contribution in [0.15, 0.2) is 47.4 Å². The van der Waals surface area contributed by atoms with Crippen molar-refractivity contribution in [2.45, 2.75) is 24.7 Å². The molecule has 164 valence electrons. The number of anilines is 1. The summed E-state index contributed by atoms with van der Waals surface area (Å²) in [6.45, 7) is 5.85. The second-order valence-corrected chi connectivity index (χ2v) is 10.1. The summed E-state index contributed by atoms with van der Waals surface area (Å²) in [5, 5.41) is 12.0. The third-order valence-corrected chi connectivity index (χ3v) is 7.48. The van der Waals surface area contributed by atoms with E-state index < -0.39 is 10.0 Å². The molecule has 0 spiro atoms. The molecule has 0 saturated carbocycles. The minimum absolute atomic E-state index is 0.147. The monoisotopic (exact) mass is 460 g/mol. The normalized spacial score (nSPS) is 15.6. The minimum Gasteiger partial charge on any atom is -0.325 e. The second kappa shape index (κ2) is 9.79. The van der Waals surface area contributed by atoms with Gasteiger partial charge in [-0.25, -0.2) is 8.42 Å². The van der Waals surface area contributed by atoms with Gasteiger partial charge in [0.05, 0.1) is 22.0 Å². The number of carbonyl (C=O) groups is 1. The molecule has 1 N–H and O–H groups in total. The molecule has 0 unspecified atom stereocenters. The van der Waals surface area contributed by atoms with E-state index in [1.54, 1.807) is 24.3 Å². The van der Waals surface area contributed by atoms with Crippen LogP contribution in [0, 0.1) is 11.3 Å². The number of hydrogen-bond donors (Lipinski definition) is 1. The molecule has 0 aromatic heterocycles. The van der Waals surface area contributed by atoms with Crippen molar-refractivity contribution in [3.05, 3.63) is 58.6 Å². The number of nitrogens with zero attached hydrogens (tertiary/aromatic N) is 3. The van der Waals surface area contributed by atoms with Crippen LogP contribution in [0.5, 0.6) is 0 Å². The van der Waals surface area contributed by atoms with Crippen molar-refractivity contribution in [2.24, 2.45) is 0 Å². The van der Waals surface area contributed by atoms with Crippen molar-refractivity contribution in [1.82, 2.24) is 9.21 Å². The predicted octanol–water partition coefficient (Wildman–Crippen LogP) is 3.28. The van der Waals surface area contributed by atoms with Gasteiger partial charge in [0.1, 0.15) is 6.07 Å². The van der Waals surface area contributed by atoms with E-state index in [1.165, 1.54) is 10.4 Å². The molecule has 7 nitrogen and oxygen atoms in total. The molecule has 0 radical (unpaired) electrons. The molecule has 1 fully saturated rings. The number of amides is 1. The van der Waals surface area contributed by atoms with Gasteiger partial charge in [0.15, 0.2) is 0 Å². The van der Waals surface area contributed by atoms with Crippen molar-refractivity contribution >= 4 is 33.2 Å². The molecule has 3 rings (SSSR count). The summed E-state index contributed by atoms with van der Waals surface area (Å²) in [7, 11) is -3.55. The quantitative estimate of drug-likeness (QED) is 0.713. The molecule has 1 heterocycles. The van der Waals surface area contributed by atoms with Gasteiger partial charge in [-0.3, -0.25) is 9.69 Å². The van der Waals surface area contributed by atoms with E-state index in [9.17, 15) is 13.2 Å². The van der Waals surface area contributed by atoms with Gasteiger partial charge in [0, 0.05) is 31.9 Å². The Morgan fingerprint density at radius 2 is 1.77 bits per heavy atom. The fourth-order valence-electron chi connectivity index (χ4n) is 3.39. The summed E-state index contributed by atoms with van der Waals surface area (Å²) in [5.74, 6) is 0.119. The Morgan fingerprint density at radius 1 is 1.13 bits per heavy atom. The molecule has 31 heavy (non-hydrogen) atoms. The van der Waals surface area contributed by atoms with Crippen LogP contribution in [0.1, 0.15) is 30.9 Å². The molecular weight excluding hydrogens is 436 g/mol. The average Bonchev–Trinajstić information content (AvgIpc) is 2.74. The molecule has 0 bridgehead atoms. The lowest BCUT2D eigenvalue weighted by Gasteiger charge is -2.33. The smallest absolute Gasteiger partial charge is 0.243 e. The molecule has 2 aromatic carbocycles. The zero-order chi connectivity index (χ0) is 22.6. The summed E-state index contributed by atoms with van der Waals surface area (Å²) in [6.07, 6.45) is 0. The lowest BCUT2D eigenvalue weighted by Crippen LogP contribution is -2.50. The predicted molar refractivity (Wildman–Crippen MR) is 121 cm³/mol. The highest BCUT2D eigenvalue weighted by molar-refractivity contribution is 7.89. The van der Waals surface area contributed by atoms with Crippen molar-refractivity contribution < 1.29 is 13.2 Å². The number of nitriles is 1. The van der Waals surface area contributed by atoms with Gasteiger partial charge in [-0.15, -0.1) is 0 Å². The van der Waals surface area contributed by atoms with E-state index in [2.05, 4.69) is 19.2 Å². The van der Waals surface area contributed by atoms with Gasteiger partial charge in [0.25, 0.3) is 0 Å². The summed E-state index contributed by atoms with van der Waals surface area (Å²) >= 11 is 5.99. The molecule has 9 heteroatoms. The van der Waals surface area contributed by atoms with E-state index >= 15 is 0 Å². The van der Waals surface area contributed by atoms with Crippen LogP contribution in [-0.2, 0) is 14.8 Å². The van der Waals surface area contributed by atoms with E-state index in [4.69, 9.17) is 16.9 Å². The standard InChI is InChI=1S/C22H25ClN4O3S/c1-16(2)17-4-7-20(8-5-17)31(29,30)27-11-9-26(10-12-27)15-22(28)25-19-6-3-18(14-24)21(23)13-19/h3-8,13,16H,9-12,15H2,1-2H3,(H,25,28). The highest BCUT2D eigenvalue weighted by Crippen LogP contribution is 2.22. The lowest BCUT2D eigenvalue weighted by molar-refractivity contribution is -0.117. The zero-order valence-electron chi connectivity index (χ0n) is 17.5. The molecule has 1 aliphatic rings. The molecular formula is C22H25ClN4O3S. The number of carbonyl (C=O) groups excluding carboxylic acids is 1. The highest BCUT2D eigenvalue weighted by Gasteiger charge is 2.29. The van der Waals surface area contributed by atoms with Gasteiger partial charge in [-0.2, -0.15) is 9.57 Å². The van der Waals surface area contributed by atoms with Crippen LogP contribution in [0.3, 0.4) is 0 Å². The van der Waals surface area contributed by atoms with Crippen molar-refractivity contribution in [3.8, 4) is 6.07 Å². The number of nitrogens with one attached hydrogen (secondary N) is 1. The van der Waals surface area contributed by atoms with Crippen LogP contribution >= 0.6 is 11.6 Å². The van der Waals surface area contributed by atoms with Gasteiger partial charge in [-0.05, 0) is 41.8 Å². The topological polar surface area (TPSA) is 93.5 Å². The maximum atomic E-state index is 12.9. The summed E-state index contributed by atoms with van der Waals surface area (Å²) in [6, 6.07) is 13.7. The van der Waals surface area contributed by atoms with Gasteiger partial charge in [0.2, 0.25) is 15.9 Å². The number of sulfonamides is 1. The fraction of sp³-hybridized carbons (Fsp3) is 0.364. The summed E-state index contributed by atoms with van der Waals surface area (Å²) in [5.41, 5.74) is 1.95. The number of piperazine rings is 1. The van der Waals surface area contributed by atoms with Crippen LogP contribution in [0.4, 0.5) is 5.69 Å². The van der Waals surface area contributed by atoms with E-state index in [-0.39, 0.29) is 17.5 Å². The Bertz CT molecular complexity index is 1090. The maximum Gasteiger partial charge on any atom is 0.243 e. The number of halogens is 1. The summed E-state index contributed by atoms with van der Waals surface area (Å²) in [4.78, 5) is 14.5. The van der Waals surface area contributed by atoms with Gasteiger partial charge in [-0.1, -0.05) is 37.6 Å². The number of rotatable bonds is 6. The molecule has 1 amide bonds. The Morgan fingerprint density at radius 3 is 2.32 bits per heavy atom. The Hall–Kier alpha value is -2.44. The average molecular weight is 461 g/mol. The lowest BCUT2D eigenvalue weighted by atomic mass is 10.0. The maximum absolute atomic E-state index is 12.9. The first kappa shape index (κ1) is 23.2. The first-order valence-electron chi connectivity index (χ1n) is 10.0. The zero-order valence-corrected chi connectivity index (χ0v) is 19.1. The highest BCUT2D eigenvalue weighted by atomic mass is 35.5. The van der Waals surface area contributed by atoms with Crippen LogP contribution in [0.25, 0.3) is 0 Å². The number of benzene rings is 2. The summed E-state index contributed by atoms with van der Waals surface area (Å²) < 4.78 is 27.3. The van der Waals surface area contributed by atoms with E-state index in [1.807, 2.05) is 23.1 Å². The van der Waals surface area contributed by atoms with Crippen molar-refractivity contribution in [3.63, 3.8) is 0 Å². The van der Waals surface area contributed by atoms with E-state index in [0.717, 1.165) is 5.56 Å². The third-order valence-electron chi connectivity index (χ3n) is 5.26. The van der Waals surface area contributed by atoms with Crippen LogP contribution in [-0.4, -0.2) is 56.3 Å². The second-order valence-electron chi connectivity index (χ2n) is 7.76.